The maximum Gasteiger partial charge on any atom is 0.221 e. The fourth-order valence-corrected chi connectivity index (χ4v) is 3.19. The predicted octanol–water partition coefficient (Wildman–Crippen LogP) is 3.46. The van der Waals surface area contributed by atoms with Crippen LogP contribution in [0.1, 0.15) is 17.0 Å². The van der Waals surface area contributed by atoms with Crippen LogP contribution < -0.4 is 0 Å². The molecule has 1 aromatic carbocycles. The lowest BCUT2D eigenvalue weighted by atomic mass is 10.1. The highest BCUT2D eigenvalue weighted by Gasteiger charge is 2.10. The van der Waals surface area contributed by atoms with Crippen LogP contribution in [-0.4, -0.2) is 34.9 Å². The van der Waals surface area contributed by atoms with Gasteiger partial charge in [-0.2, -0.15) is 0 Å². The molecule has 4 aromatic heterocycles. The number of benzene rings is 1. The highest BCUT2D eigenvalue weighted by molar-refractivity contribution is 6.30. The monoisotopic (exact) mass is 387 g/mol. The lowest BCUT2D eigenvalue weighted by Gasteiger charge is -2.05. The zero-order chi connectivity index (χ0) is 18.9. The Labute approximate surface area is 165 Å². The lowest BCUT2D eigenvalue weighted by Crippen LogP contribution is -2.05. The molecule has 0 aliphatic heterocycles. The van der Waals surface area contributed by atoms with Gasteiger partial charge in [-0.3, -0.25) is 9.97 Å². The quantitative estimate of drug-likeness (QED) is 0.469. The molecule has 28 heavy (non-hydrogen) atoms. The topological polar surface area (TPSA) is 82.3 Å². The zero-order valence-electron chi connectivity index (χ0n) is 14.7. The second-order valence-corrected chi connectivity index (χ2v) is 6.87. The van der Waals surface area contributed by atoms with E-state index >= 15 is 0 Å². The van der Waals surface area contributed by atoms with E-state index in [9.17, 15) is 0 Å². The first-order valence-electron chi connectivity index (χ1n) is 8.74. The van der Waals surface area contributed by atoms with Crippen LogP contribution in [0.2, 0.25) is 5.02 Å². The molecule has 0 saturated heterocycles. The van der Waals surface area contributed by atoms with Crippen molar-refractivity contribution >= 4 is 33.8 Å². The van der Waals surface area contributed by atoms with Gasteiger partial charge in [0.1, 0.15) is 0 Å². The van der Waals surface area contributed by atoms with E-state index in [1.165, 1.54) is 0 Å². The molecule has 7 nitrogen and oxygen atoms in total. The summed E-state index contributed by atoms with van der Waals surface area (Å²) >= 11 is 5.90. The second-order valence-electron chi connectivity index (χ2n) is 6.43. The number of pyridine rings is 2. The van der Waals surface area contributed by atoms with Crippen molar-refractivity contribution in [2.45, 2.75) is 13.0 Å². The molecule has 0 unspecified atom stereocenters. The Morgan fingerprint density at radius 3 is 2.79 bits per heavy atom. The molecule has 0 radical (unpaired) electrons. The van der Waals surface area contributed by atoms with Gasteiger partial charge in [0.2, 0.25) is 5.65 Å². The lowest BCUT2D eigenvalue weighted by molar-refractivity contribution is 0.663. The summed E-state index contributed by atoms with van der Waals surface area (Å²) < 4.78 is 1.76. The molecule has 0 amide bonds. The molecular formula is C20H14ClN7. The largest absolute Gasteiger partial charge is 0.259 e. The van der Waals surface area contributed by atoms with Gasteiger partial charge in [-0.05, 0) is 35.9 Å². The van der Waals surface area contributed by atoms with Crippen LogP contribution in [0, 0.1) is 0 Å². The zero-order valence-corrected chi connectivity index (χ0v) is 15.5. The minimum absolute atomic E-state index is 0.523. The molecule has 4 heterocycles. The third-order valence-corrected chi connectivity index (χ3v) is 4.65. The average molecular weight is 388 g/mol. The summed E-state index contributed by atoms with van der Waals surface area (Å²) in [5, 5.41) is 10.1. The van der Waals surface area contributed by atoms with E-state index in [-0.39, 0.29) is 0 Å². The molecule has 0 atom stereocenters. The standard InChI is InChI=1S/C20H14ClN7/c21-15-4-5-16(23-10-15)9-17-11-24-19-20(25-17)28(27-26-19)12-13-3-6-18-14(8-13)2-1-7-22-18/h1-8,10-11H,9,12H2. The van der Waals surface area contributed by atoms with E-state index in [4.69, 9.17) is 16.6 Å². The molecule has 136 valence electrons. The van der Waals surface area contributed by atoms with Crippen LogP contribution >= 0.6 is 11.6 Å². The summed E-state index contributed by atoms with van der Waals surface area (Å²) in [5.74, 6) is 0. The Morgan fingerprint density at radius 1 is 0.929 bits per heavy atom. The van der Waals surface area contributed by atoms with Gasteiger partial charge in [0.25, 0.3) is 0 Å². The molecule has 0 bridgehead atoms. The van der Waals surface area contributed by atoms with Crippen LogP contribution in [0.25, 0.3) is 22.2 Å². The van der Waals surface area contributed by atoms with E-state index in [0.29, 0.717) is 29.3 Å². The highest BCUT2D eigenvalue weighted by Crippen LogP contribution is 2.16. The summed E-state index contributed by atoms with van der Waals surface area (Å²) in [6, 6.07) is 13.8. The van der Waals surface area contributed by atoms with E-state index in [2.05, 4.69) is 31.3 Å². The van der Waals surface area contributed by atoms with Crippen molar-refractivity contribution < 1.29 is 0 Å². The predicted molar refractivity (Wildman–Crippen MR) is 106 cm³/mol. The number of aromatic nitrogens is 7. The molecule has 5 aromatic rings. The van der Waals surface area contributed by atoms with Crippen LogP contribution in [0.15, 0.2) is 61.1 Å². The Balaban J connectivity index is 1.46. The number of hydrogen-bond donors (Lipinski definition) is 0. The molecule has 5 rings (SSSR count). The summed E-state index contributed by atoms with van der Waals surface area (Å²) in [5.41, 5.74) is 4.91. The van der Waals surface area contributed by atoms with Crippen molar-refractivity contribution in [3.8, 4) is 0 Å². The summed E-state index contributed by atoms with van der Waals surface area (Å²) in [6.07, 6.45) is 5.69. The molecule has 0 aliphatic rings. The normalized spacial score (nSPS) is 11.3. The first kappa shape index (κ1) is 16.7. The van der Waals surface area contributed by atoms with E-state index in [1.54, 1.807) is 23.3 Å². The minimum atomic E-state index is 0.523. The Kier molecular flexibility index (Phi) is 4.14. The maximum atomic E-state index is 5.90. The van der Waals surface area contributed by atoms with Crippen molar-refractivity contribution in [3.05, 3.63) is 83.0 Å². The fourth-order valence-electron chi connectivity index (χ4n) is 3.08. The molecule has 8 heteroatoms. The number of fused-ring (bicyclic) bond motifs is 2. The van der Waals surface area contributed by atoms with E-state index < -0.39 is 0 Å². The number of nitrogens with zero attached hydrogens (tertiary/aromatic N) is 7. The third-order valence-electron chi connectivity index (χ3n) is 4.43. The summed E-state index contributed by atoms with van der Waals surface area (Å²) in [7, 11) is 0. The molecule has 0 fully saturated rings. The molecule has 0 aliphatic carbocycles. The van der Waals surface area contributed by atoms with Crippen LogP contribution in [0.4, 0.5) is 0 Å². The summed E-state index contributed by atoms with van der Waals surface area (Å²) in [4.78, 5) is 17.8. The Hall–Kier alpha value is -3.45. The molecule has 0 saturated carbocycles. The van der Waals surface area contributed by atoms with Crippen LogP contribution in [0.5, 0.6) is 0 Å². The SMILES string of the molecule is Clc1ccc(Cc2cnc3nnn(Cc4ccc5ncccc5c4)c3n2)nc1. The minimum Gasteiger partial charge on any atom is -0.259 e. The van der Waals surface area contributed by atoms with Crippen LogP contribution in [-0.2, 0) is 13.0 Å². The van der Waals surface area contributed by atoms with Gasteiger partial charge < -0.3 is 0 Å². The molecule has 0 spiro atoms. The first-order chi connectivity index (χ1) is 13.7. The van der Waals surface area contributed by atoms with Gasteiger partial charge in [-0.1, -0.05) is 28.9 Å². The van der Waals surface area contributed by atoms with Crippen LogP contribution in [0.3, 0.4) is 0 Å². The van der Waals surface area contributed by atoms with E-state index in [0.717, 1.165) is 27.9 Å². The number of rotatable bonds is 4. The Morgan fingerprint density at radius 2 is 1.89 bits per heavy atom. The second kappa shape index (κ2) is 6.94. The number of hydrogen-bond acceptors (Lipinski definition) is 6. The van der Waals surface area contributed by atoms with E-state index in [1.807, 2.05) is 36.4 Å². The molecule has 0 N–H and O–H groups in total. The van der Waals surface area contributed by atoms with Crippen molar-refractivity contribution in [1.29, 1.82) is 0 Å². The van der Waals surface area contributed by atoms with Gasteiger partial charge in [0.05, 0.1) is 29.0 Å². The molecular weight excluding hydrogens is 374 g/mol. The van der Waals surface area contributed by atoms with Gasteiger partial charge in [-0.25, -0.2) is 14.6 Å². The van der Waals surface area contributed by atoms with Gasteiger partial charge in [-0.15, -0.1) is 5.10 Å². The first-order valence-corrected chi connectivity index (χ1v) is 9.12. The smallest absolute Gasteiger partial charge is 0.221 e. The third kappa shape index (κ3) is 3.27. The number of halogens is 1. The van der Waals surface area contributed by atoms with Crippen molar-refractivity contribution in [1.82, 2.24) is 34.9 Å². The van der Waals surface area contributed by atoms with Crippen molar-refractivity contribution in [2.75, 3.05) is 0 Å². The van der Waals surface area contributed by atoms with Gasteiger partial charge in [0.15, 0.2) is 5.65 Å². The summed E-state index contributed by atoms with van der Waals surface area (Å²) in [6.45, 7) is 0.554. The highest BCUT2D eigenvalue weighted by atomic mass is 35.5. The average Bonchev–Trinajstić information content (AvgIpc) is 3.12. The fraction of sp³-hybridized carbons (Fsp3) is 0.100. The van der Waals surface area contributed by atoms with Gasteiger partial charge >= 0.3 is 0 Å². The van der Waals surface area contributed by atoms with Crippen molar-refractivity contribution in [2.24, 2.45) is 0 Å². The maximum absolute atomic E-state index is 5.90. The Bertz CT molecular complexity index is 1280. The van der Waals surface area contributed by atoms with Crippen molar-refractivity contribution in [3.63, 3.8) is 0 Å². The van der Waals surface area contributed by atoms with Gasteiger partial charge in [0, 0.05) is 29.9 Å².